The topological polar surface area (TPSA) is 63.8 Å². The maximum absolute atomic E-state index is 11.7. The lowest BCUT2D eigenvalue weighted by atomic mass is 10.2. The normalized spacial score (nSPS) is 10.7. The number of esters is 1. The van der Waals surface area contributed by atoms with Gasteiger partial charge in [0.25, 0.3) is 0 Å². The van der Waals surface area contributed by atoms with Crippen LogP contribution in [0.1, 0.15) is 10.4 Å². The van der Waals surface area contributed by atoms with Crippen LogP contribution >= 0.6 is 0 Å². The molecule has 1 N–H and O–H groups in total. The number of ether oxygens (including phenoxy) is 1. The van der Waals surface area contributed by atoms with Gasteiger partial charge in [0.05, 0.1) is 24.4 Å². The Balaban J connectivity index is 2.19. The molecule has 5 nitrogen and oxygen atoms in total. The number of phenolic OH excluding ortho intramolecular Hbond substituents is 1. The van der Waals surface area contributed by atoms with Crippen LogP contribution in [0.5, 0.6) is 5.75 Å². The second kappa shape index (κ2) is 4.70. The van der Waals surface area contributed by atoms with Gasteiger partial charge in [-0.05, 0) is 36.4 Å². The van der Waals surface area contributed by atoms with Crippen molar-refractivity contribution in [1.29, 1.82) is 0 Å². The highest BCUT2D eigenvalue weighted by Gasteiger charge is 2.14. The van der Waals surface area contributed by atoms with Gasteiger partial charge in [0.1, 0.15) is 11.6 Å². The van der Waals surface area contributed by atoms with Crippen molar-refractivity contribution in [2.45, 2.75) is 0 Å². The van der Waals surface area contributed by atoms with E-state index in [0.29, 0.717) is 16.9 Å². The Morgan fingerprint density at radius 2 is 2.00 bits per heavy atom. The van der Waals surface area contributed by atoms with Crippen molar-refractivity contribution >= 4 is 11.5 Å². The monoisotopic (exact) mass is 268 g/mol. The number of methoxy groups -OCH3 is 1. The zero-order chi connectivity index (χ0) is 14.1. The third kappa shape index (κ3) is 1.89. The minimum atomic E-state index is -0.396. The number of aromatic hydroxyl groups is 1. The second-order valence-corrected chi connectivity index (χ2v) is 4.30. The predicted molar refractivity (Wildman–Crippen MR) is 73.6 cm³/mol. The molecule has 20 heavy (non-hydrogen) atoms. The molecule has 3 aromatic rings. The fourth-order valence-electron chi connectivity index (χ4n) is 2.13. The number of benzene rings is 1. The molecule has 100 valence electrons. The molecule has 0 fully saturated rings. The first-order valence-corrected chi connectivity index (χ1v) is 6.04. The van der Waals surface area contributed by atoms with Gasteiger partial charge < -0.3 is 9.84 Å². The van der Waals surface area contributed by atoms with E-state index in [2.05, 4.69) is 4.98 Å². The first-order chi connectivity index (χ1) is 9.70. The van der Waals surface area contributed by atoms with Gasteiger partial charge in [-0.25, -0.2) is 9.78 Å². The summed E-state index contributed by atoms with van der Waals surface area (Å²) in [5.41, 5.74) is 2.00. The van der Waals surface area contributed by atoms with Gasteiger partial charge in [-0.1, -0.05) is 0 Å². The number of pyridine rings is 1. The van der Waals surface area contributed by atoms with Crippen molar-refractivity contribution < 1.29 is 14.6 Å². The third-order valence-electron chi connectivity index (χ3n) is 3.10. The van der Waals surface area contributed by atoms with Crippen LogP contribution in [0.4, 0.5) is 0 Å². The van der Waals surface area contributed by atoms with Crippen molar-refractivity contribution in [3.05, 3.63) is 54.4 Å². The summed E-state index contributed by atoms with van der Waals surface area (Å²) in [7, 11) is 1.35. The Bertz CT molecular complexity index is 775. The third-order valence-corrected chi connectivity index (χ3v) is 3.10. The second-order valence-electron chi connectivity index (χ2n) is 4.30. The molecular formula is C15H12N2O3. The number of carbonyl (C=O) groups excluding carboxylic acids is 1. The maximum atomic E-state index is 11.7. The number of hydrogen-bond acceptors (Lipinski definition) is 4. The summed E-state index contributed by atoms with van der Waals surface area (Å²) in [5, 5.41) is 9.33. The van der Waals surface area contributed by atoms with Crippen LogP contribution in [-0.4, -0.2) is 27.6 Å². The molecule has 0 atom stereocenters. The van der Waals surface area contributed by atoms with Crippen molar-refractivity contribution in [2.75, 3.05) is 7.11 Å². The summed E-state index contributed by atoms with van der Waals surface area (Å²) in [6, 6.07) is 10.2. The molecule has 0 amide bonds. The molecule has 0 saturated heterocycles. The fraction of sp³-hybridized carbons (Fsp3) is 0.0667. The molecular weight excluding hydrogens is 256 g/mol. The molecule has 3 rings (SSSR count). The number of phenols is 1. The summed E-state index contributed by atoms with van der Waals surface area (Å²) in [6.45, 7) is 0. The maximum Gasteiger partial charge on any atom is 0.340 e. The molecule has 0 aliphatic heterocycles. The van der Waals surface area contributed by atoms with Crippen LogP contribution < -0.4 is 0 Å². The lowest BCUT2D eigenvalue weighted by Crippen LogP contribution is -2.03. The van der Waals surface area contributed by atoms with Gasteiger partial charge in [0.15, 0.2) is 0 Å². The first-order valence-electron chi connectivity index (χ1n) is 6.04. The highest BCUT2D eigenvalue weighted by molar-refractivity contribution is 5.97. The Morgan fingerprint density at radius 3 is 2.70 bits per heavy atom. The van der Waals surface area contributed by atoms with Crippen molar-refractivity contribution in [3.8, 4) is 17.1 Å². The number of imidazole rings is 1. The Labute approximate surface area is 115 Å². The van der Waals surface area contributed by atoms with Crippen LogP contribution in [0, 0.1) is 0 Å². The molecule has 0 radical (unpaired) electrons. The SMILES string of the molecule is COC(=O)c1cccn2c(-c3ccc(O)cc3)ncc12. The van der Waals surface area contributed by atoms with E-state index in [0.717, 1.165) is 5.56 Å². The van der Waals surface area contributed by atoms with E-state index in [1.807, 2.05) is 10.6 Å². The Kier molecular flexibility index (Phi) is 2.87. The summed E-state index contributed by atoms with van der Waals surface area (Å²) in [5.74, 6) is 0.503. The largest absolute Gasteiger partial charge is 0.508 e. The molecule has 2 aromatic heterocycles. The van der Waals surface area contributed by atoms with E-state index in [-0.39, 0.29) is 5.75 Å². The van der Waals surface area contributed by atoms with Gasteiger partial charge >= 0.3 is 5.97 Å². The number of carbonyl (C=O) groups is 1. The quantitative estimate of drug-likeness (QED) is 0.725. The minimum absolute atomic E-state index is 0.199. The fourth-order valence-corrected chi connectivity index (χ4v) is 2.13. The zero-order valence-corrected chi connectivity index (χ0v) is 10.8. The van der Waals surface area contributed by atoms with E-state index in [1.165, 1.54) is 7.11 Å². The number of rotatable bonds is 2. The van der Waals surface area contributed by atoms with Gasteiger partial charge in [-0.2, -0.15) is 0 Å². The minimum Gasteiger partial charge on any atom is -0.508 e. The smallest absolute Gasteiger partial charge is 0.340 e. The van der Waals surface area contributed by atoms with Crippen molar-refractivity contribution in [2.24, 2.45) is 0 Å². The van der Waals surface area contributed by atoms with Crippen molar-refractivity contribution in [3.63, 3.8) is 0 Å². The van der Waals surface area contributed by atoms with Gasteiger partial charge in [0.2, 0.25) is 0 Å². The van der Waals surface area contributed by atoms with Crippen molar-refractivity contribution in [1.82, 2.24) is 9.38 Å². The standard InChI is InChI=1S/C15H12N2O3/c1-20-15(19)12-3-2-8-17-13(12)9-16-14(17)10-4-6-11(18)7-5-10/h2-9,18H,1H3. The molecule has 1 aromatic carbocycles. The Hall–Kier alpha value is -2.82. The van der Waals surface area contributed by atoms with E-state index in [9.17, 15) is 9.90 Å². The lowest BCUT2D eigenvalue weighted by Gasteiger charge is -2.04. The molecule has 0 saturated carbocycles. The summed E-state index contributed by atoms with van der Waals surface area (Å²) in [4.78, 5) is 16.1. The van der Waals surface area contributed by atoms with E-state index in [1.54, 1.807) is 42.6 Å². The lowest BCUT2D eigenvalue weighted by molar-refractivity contribution is 0.0602. The van der Waals surface area contributed by atoms with E-state index < -0.39 is 5.97 Å². The number of aromatic nitrogens is 2. The molecule has 0 aliphatic carbocycles. The highest BCUT2D eigenvalue weighted by Crippen LogP contribution is 2.23. The van der Waals surface area contributed by atoms with Gasteiger partial charge in [0, 0.05) is 11.8 Å². The van der Waals surface area contributed by atoms with E-state index >= 15 is 0 Å². The van der Waals surface area contributed by atoms with Gasteiger partial charge in [-0.3, -0.25) is 4.40 Å². The average molecular weight is 268 g/mol. The number of hydrogen-bond donors (Lipinski definition) is 1. The molecule has 5 heteroatoms. The first kappa shape index (κ1) is 12.2. The molecule has 0 spiro atoms. The Morgan fingerprint density at radius 1 is 1.25 bits per heavy atom. The van der Waals surface area contributed by atoms with Crippen LogP contribution in [0.3, 0.4) is 0 Å². The molecule has 0 bridgehead atoms. The summed E-state index contributed by atoms with van der Waals surface area (Å²) >= 11 is 0. The molecule has 0 aliphatic rings. The van der Waals surface area contributed by atoms with Crippen LogP contribution in [0.15, 0.2) is 48.8 Å². The van der Waals surface area contributed by atoms with E-state index in [4.69, 9.17) is 4.74 Å². The summed E-state index contributed by atoms with van der Waals surface area (Å²) in [6.07, 6.45) is 3.46. The molecule has 2 heterocycles. The van der Waals surface area contributed by atoms with Crippen LogP contribution in [0.25, 0.3) is 16.9 Å². The predicted octanol–water partition coefficient (Wildman–Crippen LogP) is 2.49. The number of nitrogens with zero attached hydrogens (tertiary/aromatic N) is 2. The summed E-state index contributed by atoms with van der Waals surface area (Å²) < 4.78 is 6.58. The van der Waals surface area contributed by atoms with Crippen LogP contribution in [-0.2, 0) is 4.74 Å². The number of fused-ring (bicyclic) bond motifs is 1. The zero-order valence-electron chi connectivity index (χ0n) is 10.8. The van der Waals surface area contributed by atoms with Gasteiger partial charge in [-0.15, -0.1) is 0 Å². The molecule has 0 unspecified atom stereocenters. The highest BCUT2D eigenvalue weighted by atomic mass is 16.5. The average Bonchev–Trinajstić information content (AvgIpc) is 2.91. The van der Waals surface area contributed by atoms with Crippen LogP contribution in [0.2, 0.25) is 0 Å².